The third-order valence-corrected chi connectivity index (χ3v) is 5.68. The Balaban J connectivity index is 1.88. The van der Waals surface area contributed by atoms with Gasteiger partial charge in [-0.1, -0.05) is 44.5 Å². The molecule has 1 aromatic heterocycles. The van der Waals surface area contributed by atoms with Crippen molar-refractivity contribution in [2.45, 2.75) is 52.6 Å². The normalized spacial score (nSPS) is 15.6. The van der Waals surface area contributed by atoms with Crippen LogP contribution in [0.5, 0.6) is 0 Å². The van der Waals surface area contributed by atoms with Gasteiger partial charge in [-0.2, -0.15) is 0 Å². The molecule has 2 aromatic rings. The van der Waals surface area contributed by atoms with Gasteiger partial charge in [0.1, 0.15) is 12.4 Å². The van der Waals surface area contributed by atoms with Crippen LogP contribution in [-0.4, -0.2) is 35.1 Å². The van der Waals surface area contributed by atoms with Crippen molar-refractivity contribution in [3.05, 3.63) is 56.2 Å². The van der Waals surface area contributed by atoms with Crippen molar-refractivity contribution in [1.82, 2.24) is 9.55 Å². The largest absolute Gasteiger partial charge is 0.383 e. The molecule has 2 heterocycles. The number of hydrogen-bond acceptors (Lipinski definition) is 4. The van der Waals surface area contributed by atoms with E-state index in [2.05, 4.69) is 17.1 Å². The van der Waals surface area contributed by atoms with Gasteiger partial charge >= 0.3 is 5.69 Å². The van der Waals surface area contributed by atoms with Crippen LogP contribution in [0.25, 0.3) is 0 Å². The SMILES string of the molecule is CCCCN(C(=O)C[NH+]1CCc2ccccc2C1)c1c(N)n(CCC)c(=O)[nH]c1=O. The Labute approximate surface area is 176 Å². The lowest BCUT2D eigenvalue weighted by Crippen LogP contribution is -3.13. The number of amides is 1. The Morgan fingerprint density at radius 1 is 1.20 bits per heavy atom. The van der Waals surface area contributed by atoms with Crippen LogP contribution >= 0.6 is 0 Å². The van der Waals surface area contributed by atoms with E-state index in [1.165, 1.54) is 20.6 Å². The van der Waals surface area contributed by atoms with E-state index < -0.39 is 11.2 Å². The number of unbranched alkanes of at least 4 members (excludes halogenated alkanes) is 1. The second kappa shape index (κ2) is 9.75. The number of aromatic nitrogens is 2. The summed E-state index contributed by atoms with van der Waals surface area (Å²) in [6, 6.07) is 8.31. The summed E-state index contributed by atoms with van der Waals surface area (Å²) in [5.41, 5.74) is 7.78. The van der Waals surface area contributed by atoms with Gasteiger partial charge in [-0.15, -0.1) is 0 Å². The van der Waals surface area contributed by atoms with Crippen molar-refractivity contribution in [3.63, 3.8) is 0 Å². The summed E-state index contributed by atoms with van der Waals surface area (Å²) >= 11 is 0. The van der Waals surface area contributed by atoms with E-state index in [1.54, 1.807) is 0 Å². The quantitative estimate of drug-likeness (QED) is 0.578. The first-order valence-corrected chi connectivity index (χ1v) is 10.8. The van der Waals surface area contributed by atoms with Gasteiger partial charge in [-0.3, -0.25) is 24.0 Å². The molecule has 1 aliphatic rings. The van der Waals surface area contributed by atoms with E-state index in [4.69, 9.17) is 5.73 Å². The van der Waals surface area contributed by atoms with Crippen LogP contribution in [0, 0.1) is 0 Å². The van der Waals surface area contributed by atoms with E-state index in [9.17, 15) is 14.4 Å². The molecule has 3 rings (SSSR count). The molecule has 0 saturated heterocycles. The van der Waals surface area contributed by atoms with Crippen LogP contribution in [0.2, 0.25) is 0 Å². The molecule has 1 aromatic carbocycles. The predicted octanol–water partition coefficient (Wildman–Crippen LogP) is 0.303. The number of nitrogens with one attached hydrogen (secondary N) is 2. The first kappa shape index (κ1) is 21.8. The minimum atomic E-state index is -0.603. The lowest BCUT2D eigenvalue weighted by Gasteiger charge is -2.29. The maximum atomic E-state index is 13.3. The number of fused-ring (bicyclic) bond motifs is 1. The molecule has 30 heavy (non-hydrogen) atoms. The number of carbonyl (C=O) groups is 1. The number of aromatic amines is 1. The smallest absolute Gasteiger partial charge is 0.330 e. The molecule has 162 valence electrons. The highest BCUT2D eigenvalue weighted by molar-refractivity contribution is 5.96. The first-order chi connectivity index (χ1) is 14.5. The zero-order valence-corrected chi connectivity index (χ0v) is 17.9. The molecular weight excluding hydrogens is 382 g/mol. The minimum Gasteiger partial charge on any atom is -0.383 e. The maximum Gasteiger partial charge on any atom is 0.330 e. The van der Waals surface area contributed by atoms with E-state index in [1.807, 2.05) is 26.0 Å². The summed E-state index contributed by atoms with van der Waals surface area (Å²) in [5, 5.41) is 0. The summed E-state index contributed by atoms with van der Waals surface area (Å²) in [7, 11) is 0. The molecule has 0 saturated carbocycles. The fourth-order valence-corrected chi connectivity index (χ4v) is 4.06. The Bertz CT molecular complexity index is 1010. The summed E-state index contributed by atoms with van der Waals surface area (Å²) in [6.07, 6.45) is 3.24. The highest BCUT2D eigenvalue weighted by Crippen LogP contribution is 2.18. The Morgan fingerprint density at radius 2 is 1.93 bits per heavy atom. The molecule has 1 amide bonds. The second-order valence-electron chi connectivity index (χ2n) is 7.92. The molecule has 0 bridgehead atoms. The van der Waals surface area contributed by atoms with Gasteiger partial charge in [-0.25, -0.2) is 4.79 Å². The van der Waals surface area contributed by atoms with E-state index in [-0.39, 0.29) is 24.0 Å². The van der Waals surface area contributed by atoms with Crippen molar-refractivity contribution in [3.8, 4) is 0 Å². The van der Waals surface area contributed by atoms with Crippen molar-refractivity contribution < 1.29 is 9.69 Å². The second-order valence-corrected chi connectivity index (χ2v) is 7.92. The summed E-state index contributed by atoms with van der Waals surface area (Å²) < 4.78 is 1.34. The van der Waals surface area contributed by atoms with Crippen molar-refractivity contribution in [2.75, 3.05) is 30.3 Å². The van der Waals surface area contributed by atoms with Crippen LogP contribution in [-0.2, 0) is 24.3 Å². The first-order valence-electron chi connectivity index (χ1n) is 10.8. The number of rotatable bonds is 8. The molecule has 1 unspecified atom stereocenters. The fraction of sp³-hybridized carbons (Fsp3) is 0.500. The summed E-state index contributed by atoms with van der Waals surface area (Å²) in [6.45, 7) is 6.67. The molecule has 8 heteroatoms. The highest BCUT2D eigenvalue weighted by Gasteiger charge is 2.28. The average Bonchev–Trinajstić information content (AvgIpc) is 2.73. The minimum absolute atomic E-state index is 0.0639. The topological polar surface area (TPSA) is 106 Å². The summed E-state index contributed by atoms with van der Waals surface area (Å²) in [5.74, 6) is -0.0780. The third kappa shape index (κ3) is 4.64. The Hall–Kier alpha value is -2.87. The number of nitrogen functional groups attached to an aromatic ring is 1. The highest BCUT2D eigenvalue weighted by atomic mass is 16.2. The molecule has 0 fully saturated rings. The zero-order chi connectivity index (χ0) is 21.7. The fourth-order valence-electron chi connectivity index (χ4n) is 4.06. The molecule has 0 spiro atoms. The van der Waals surface area contributed by atoms with Gasteiger partial charge < -0.3 is 10.6 Å². The lowest BCUT2D eigenvalue weighted by molar-refractivity contribution is -0.907. The molecule has 0 aliphatic carbocycles. The molecular formula is C22H32N5O3+. The number of benzene rings is 1. The van der Waals surface area contributed by atoms with Gasteiger partial charge in [0, 0.05) is 25.1 Å². The molecule has 4 N–H and O–H groups in total. The number of anilines is 2. The molecule has 1 atom stereocenters. The van der Waals surface area contributed by atoms with Crippen molar-refractivity contribution in [2.24, 2.45) is 0 Å². The maximum absolute atomic E-state index is 13.3. The van der Waals surface area contributed by atoms with Crippen LogP contribution in [0.4, 0.5) is 11.5 Å². The van der Waals surface area contributed by atoms with Gasteiger partial charge in [0.2, 0.25) is 0 Å². The average molecular weight is 415 g/mol. The Kier molecular flexibility index (Phi) is 7.10. The van der Waals surface area contributed by atoms with Gasteiger partial charge in [-0.05, 0) is 18.4 Å². The number of hydrogen-bond donors (Lipinski definition) is 3. The predicted molar refractivity (Wildman–Crippen MR) is 118 cm³/mol. The van der Waals surface area contributed by atoms with Crippen LogP contribution in [0.15, 0.2) is 33.9 Å². The van der Waals surface area contributed by atoms with Crippen LogP contribution < -0.4 is 26.8 Å². The number of nitrogens with two attached hydrogens (primary N) is 1. The number of quaternary nitrogens is 1. The van der Waals surface area contributed by atoms with Gasteiger partial charge in [0.05, 0.1) is 6.54 Å². The monoisotopic (exact) mass is 414 g/mol. The molecule has 1 aliphatic heterocycles. The Morgan fingerprint density at radius 3 is 2.63 bits per heavy atom. The van der Waals surface area contributed by atoms with Gasteiger partial charge in [0.15, 0.2) is 12.2 Å². The van der Waals surface area contributed by atoms with Crippen molar-refractivity contribution in [1.29, 1.82) is 0 Å². The standard InChI is InChI=1S/C22H31N5O3/c1-3-5-12-26(19-20(23)27(11-4-2)22(30)24-21(19)29)18(28)15-25-13-10-16-8-6-7-9-17(16)14-25/h6-9H,3-5,10-15,23H2,1-2H3,(H,24,29,30)/p+1. The third-order valence-electron chi connectivity index (χ3n) is 5.68. The summed E-state index contributed by atoms with van der Waals surface area (Å²) in [4.78, 5) is 43.1. The van der Waals surface area contributed by atoms with Crippen molar-refractivity contribution >= 4 is 17.4 Å². The van der Waals surface area contributed by atoms with Crippen LogP contribution in [0.3, 0.4) is 0 Å². The van der Waals surface area contributed by atoms with E-state index in [0.29, 0.717) is 19.5 Å². The molecule has 8 nitrogen and oxygen atoms in total. The van der Waals surface area contributed by atoms with Gasteiger partial charge in [0.25, 0.3) is 11.5 Å². The molecule has 0 radical (unpaired) electrons. The number of nitrogens with zero attached hydrogens (tertiary/aromatic N) is 2. The number of H-pyrrole nitrogens is 1. The number of carbonyl (C=O) groups excluding carboxylic acids is 1. The van der Waals surface area contributed by atoms with Crippen LogP contribution in [0.1, 0.15) is 44.2 Å². The van der Waals surface area contributed by atoms with E-state index in [0.717, 1.165) is 37.3 Å². The van der Waals surface area contributed by atoms with E-state index >= 15 is 0 Å². The zero-order valence-electron chi connectivity index (χ0n) is 17.9. The lowest BCUT2D eigenvalue weighted by atomic mass is 10.00.